The van der Waals surface area contributed by atoms with Gasteiger partial charge in [-0.3, -0.25) is 10.1 Å². The molecule has 2 rings (SSSR count). The second kappa shape index (κ2) is 6.19. The lowest BCUT2D eigenvalue weighted by Gasteiger charge is -2.11. The van der Waals surface area contributed by atoms with Gasteiger partial charge in [0.2, 0.25) is 0 Å². The summed E-state index contributed by atoms with van der Waals surface area (Å²) in [7, 11) is 1.41. The number of nitrogens with two attached hydrogens (primary N) is 1. The van der Waals surface area contributed by atoms with E-state index in [9.17, 15) is 14.5 Å². The van der Waals surface area contributed by atoms with Gasteiger partial charge in [0.25, 0.3) is 5.69 Å². The third kappa shape index (κ3) is 3.46. The van der Waals surface area contributed by atoms with Crippen molar-refractivity contribution in [2.24, 2.45) is 5.73 Å². The lowest BCUT2D eigenvalue weighted by Crippen LogP contribution is -1.98. The second-order valence-electron chi connectivity index (χ2n) is 4.19. The number of ether oxygens (including phenoxy) is 2. The largest absolute Gasteiger partial charge is 0.493 e. The Morgan fingerprint density at radius 3 is 2.62 bits per heavy atom. The quantitative estimate of drug-likeness (QED) is 0.676. The van der Waals surface area contributed by atoms with Crippen LogP contribution in [-0.4, -0.2) is 12.0 Å². The van der Waals surface area contributed by atoms with Crippen molar-refractivity contribution >= 4 is 5.69 Å². The summed E-state index contributed by atoms with van der Waals surface area (Å²) in [6.45, 7) is 0.153. The SMILES string of the molecule is COc1ccc([N+](=O)[O-])cc1Oc1cc(F)cc(CN)c1. The molecular formula is C14H13FN2O4. The van der Waals surface area contributed by atoms with Crippen molar-refractivity contribution in [1.29, 1.82) is 0 Å². The predicted octanol–water partition coefficient (Wildman–Crippen LogP) is 2.99. The van der Waals surface area contributed by atoms with E-state index in [4.69, 9.17) is 15.2 Å². The van der Waals surface area contributed by atoms with E-state index in [-0.39, 0.29) is 23.7 Å². The first-order valence-electron chi connectivity index (χ1n) is 6.03. The van der Waals surface area contributed by atoms with Crippen molar-refractivity contribution in [2.75, 3.05) is 7.11 Å². The summed E-state index contributed by atoms with van der Waals surface area (Å²) in [6, 6.07) is 7.93. The minimum Gasteiger partial charge on any atom is -0.493 e. The van der Waals surface area contributed by atoms with Crippen LogP contribution in [0.25, 0.3) is 0 Å². The highest BCUT2D eigenvalue weighted by atomic mass is 19.1. The van der Waals surface area contributed by atoms with Gasteiger partial charge in [-0.15, -0.1) is 0 Å². The van der Waals surface area contributed by atoms with Crippen LogP contribution in [0, 0.1) is 15.9 Å². The Balaban J connectivity index is 2.40. The summed E-state index contributed by atoms with van der Waals surface area (Å²) < 4.78 is 24.0. The highest BCUT2D eigenvalue weighted by Gasteiger charge is 2.14. The van der Waals surface area contributed by atoms with Crippen LogP contribution < -0.4 is 15.2 Å². The molecule has 0 unspecified atom stereocenters. The molecule has 2 aromatic carbocycles. The fraction of sp³-hybridized carbons (Fsp3) is 0.143. The molecule has 0 fully saturated rings. The molecule has 0 atom stereocenters. The minimum absolute atomic E-state index is 0.125. The van der Waals surface area contributed by atoms with E-state index in [0.717, 1.165) is 6.07 Å². The Bertz CT molecular complexity index is 676. The summed E-state index contributed by atoms with van der Waals surface area (Å²) in [6.07, 6.45) is 0. The monoisotopic (exact) mass is 292 g/mol. The lowest BCUT2D eigenvalue weighted by atomic mass is 10.2. The van der Waals surface area contributed by atoms with Gasteiger partial charge >= 0.3 is 0 Å². The van der Waals surface area contributed by atoms with E-state index in [0.29, 0.717) is 11.3 Å². The van der Waals surface area contributed by atoms with Crippen molar-refractivity contribution in [3.8, 4) is 17.2 Å². The summed E-state index contributed by atoms with van der Waals surface area (Å²) in [4.78, 5) is 10.2. The van der Waals surface area contributed by atoms with Crippen LogP contribution >= 0.6 is 0 Å². The Hall–Kier alpha value is -2.67. The first-order chi connectivity index (χ1) is 10.0. The van der Waals surface area contributed by atoms with E-state index in [1.807, 2.05) is 0 Å². The minimum atomic E-state index is -0.552. The molecule has 110 valence electrons. The number of nitro benzene ring substituents is 1. The molecule has 0 heterocycles. The fourth-order valence-electron chi connectivity index (χ4n) is 1.78. The molecule has 2 N–H and O–H groups in total. The zero-order valence-corrected chi connectivity index (χ0v) is 11.2. The predicted molar refractivity (Wildman–Crippen MR) is 74.0 cm³/mol. The van der Waals surface area contributed by atoms with Gasteiger partial charge < -0.3 is 15.2 Å². The summed E-state index contributed by atoms with van der Waals surface area (Å²) >= 11 is 0. The van der Waals surface area contributed by atoms with E-state index in [2.05, 4.69) is 0 Å². The Labute approximate surface area is 120 Å². The molecule has 0 aliphatic heterocycles. The van der Waals surface area contributed by atoms with E-state index in [1.54, 1.807) is 6.07 Å². The molecule has 0 aliphatic carbocycles. The number of nitrogens with zero attached hydrogens (tertiary/aromatic N) is 1. The molecule has 0 bridgehead atoms. The van der Waals surface area contributed by atoms with Gasteiger partial charge in [-0.05, 0) is 23.8 Å². The van der Waals surface area contributed by atoms with Gasteiger partial charge in [-0.2, -0.15) is 0 Å². The van der Waals surface area contributed by atoms with Crippen LogP contribution in [0.2, 0.25) is 0 Å². The number of benzene rings is 2. The van der Waals surface area contributed by atoms with Gasteiger partial charge in [0.1, 0.15) is 11.6 Å². The smallest absolute Gasteiger partial charge is 0.273 e. The average molecular weight is 292 g/mol. The molecule has 0 saturated heterocycles. The molecule has 0 spiro atoms. The highest BCUT2D eigenvalue weighted by molar-refractivity contribution is 5.50. The van der Waals surface area contributed by atoms with Crippen molar-refractivity contribution < 1.29 is 18.8 Å². The van der Waals surface area contributed by atoms with E-state index >= 15 is 0 Å². The van der Waals surface area contributed by atoms with Crippen LogP contribution in [-0.2, 0) is 6.54 Å². The molecule has 0 amide bonds. The van der Waals surface area contributed by atoms with Gasteiger partial charge in [-0.1, -0.05) is 0 Å². The topological polar surface area (TPSA) is 87.6 Å². The Kier molecular flexibility index (Phi) is 4.34. The van der Waals surface area contributed by atoms with Crippen molar-refractivity contribution in [3.05, 3.63) is 57.9 Å². The van der Waals surface area contributed by atoms with E-state index in [1.165, 1.54) is 31.4 Å². The number of hydrogen-bond donors (Lipinski definition) is 1. The maximum absolute atomic E-state index is 13.4. The van der Waals surface area contributed by atoms with Crippen LogP contribution in [0.4, 0.5) is 10.1 Å². The van der Waals surface area contributed by atoms with E-state index < -0.39 is 10.7 Å². The Morgan fingerprint density at radius 2 is 2.00 bits per heavy atom. The van der Waals surface area contributed by atoms with Gasteiger partial charge in [-0.25, -0.2) is 4.39 Å². The first-order valence-corrected chi connectivity index (χ1v) is 6.03. The number of methoxy groups -OCH3 is 1. The molecule has 2 aromatic rings. The maximum Gasteiger partial charge on any atom is 0.273 e. The lowest BCUT2D eigenvalue weighted by molar-refractivity contribution is -0.384. The molecular weight excluding hydrogens is 279 g/mol. The average Bonchev–Trinajstić information content (AvgIpc) is 2.46. The number of hydrogen-bond acceptors (Lipinski definition) is 5. The van der Waals surface area contributed by atoms with Crippen molar-refractivity contribution in [2.45, 2.75) is 6.54 Å². The van der Waals surface area contributed by atoms with Crippen molar-refractivity contribution in [3.63, 3.8) is 0 Å². The molecule has 21 heavy (non-hydrogen) atoms. The maximum atomic E-state index is 13.4. The number of nitro groups is 1. The Morgan fingerprint density at radius 1 is 1.24 bits per heavy atom. The standard InChI is InChI=1S/C14H13FN2O4/c1-20-13-3-2-11(17(18)19)7-14(13)21-12-5-9(8-16)4-10(15)6-12/h2-7H,8,16H2,1H3. The molecule has 6 nitrogen and oxygen atoms in total. The molecule has 0 aromatic heterocycles. The summed E-state index contributed by atoms with van der Waals surface area (Å²) in [5.41, 5.74) is 5.86. The molecule has 0 aliphatic rings. The summed E-state index contributed by atoms with van der Waals surface area (Å²) in [5.74, 6) is 0.117. The summed E-state index contributed by atoms with van der Waals surface area (Å²) in [5, 5.41) is 10.8. The van der Waals surface area contributed by atoms with Gasteiger partial charge in [0, 0.05) is 18.7 Å². The normalized spacial score (nSPS) is 10.2. The molecule has 0 radical (unpaired) electrons. The van der Waals surface area contributed by atoms with Crippen LogP contribution in [0.5, 0.6) is 17.2 Å². The van der Waals surface area contributed by atoms with Crippen LogP contribution in [0.1, 0.15) is 5.56 Å². The van der Waals surface area contributed by atoms with Gasteiger partial charge in [0.05, 0.1) is 18.1 Å². The number of halogens is 1. The van der Waals surface area contributed by atoms with Gasteiger partial charge in [0.15, 0.2) is 11.5 Å². The zero-order valence-electron chi connectivity index (χ0n) is 11.2. The first kappa shape index (κ1) is 14.7. The second-order valence-corrected chi connectivity index (χ2v) is 4.19. The third-order valence-corrected chi connectivity index (χ3v) is 2.75. The van der Waals surface area contributed by atoms with Crippen LogP contribution in [0.3, 0.4) is 0 Å². The number of rotatable bonds is 5. The third-order valence-electron chi connectivity index (χ3n) is 2.75. The molecule has 7 heteroatoms. The van der Waals surface area contributed by atoms with Crippen LogP contribution in [0.15, 0.2) is 36.4 Å². The zero-order chi connectivity index (χ0) is 15.4. The fourth-order valence-corrected chi connectivity index (χ4v) is 1.78. The number of non-ortho nitro benzene ring substituents is 1. The highest BCUT2D eigenvalue weighted by Crippen LogP contribution is 2.35. The van der Waals surface area contributed by atoms with Crippen molar-refractivity contribution in [1.82, 2.24) is 0 Å². The molecule has 0 saturated carbocycles.